The van der Waals surface area contributed by atoms with Crippen LogP contribution in [0.1, 0.15) is 32.1 Å². The smallest absolute Gasteiger partial charge is 0.313 e. The number of hydrogen-bond acceptors (Lipinski definition) is 5. The fraction of sp³-hybridized carbons (Fsp3) is 0.600. The molecule has 0 atom stereocenters. The predicted octanol–water partition coefficient (Wildman–Crippen LogP) is 2.63. The number of carbonyl (C=O) groups is 2. The van der Waals surface area contributed by atoms with Crippen molar-refractivity contribution < 1.29 is 23.6 Å². The lowest BCUT2D eigenvalue weighted by atomic mass is 9.49. The summed E-state index contributed by atoms with van der Waals surface area (Å²) in [5, 5.41) is 15.8. The molecule has 4 bridgehead atoms. The van der Waals surface area contributed by atoms with Gasteiger partial charge in [0.05, 0.1) is 10.5 Å². The fourth-order valence-electron chi connectivity index (χ4n) is 5.89. The number of nitrogens with zero attached hydrogens (tertiary/aromatic N) is 1. The lowest BCUT2D eigenvalue weighted by Gasteiger charge is -2.60. The summed E-state index contributed by atoms with van der Waals surface area (Å²) in [6.07, 6.45) is 5.69. The molecule has 4 fully saturated rings. The Hall–Kier alpha value is -2.55. The van der Waals surface area contributed by atoms with Gasteiger partial charge in [-0.1, -0.05) is 0 Å². The molecule has 8 nitrogen and oxygen atoms in total. The number of rotatable bonds is 5. The van der Waals surface area contributed by atoms with Crippen LogP contribution >= 0.6 is 0 Å². The lowest BCUT2D eigenvalue weighted by Crippen LogP contribution is -2.63. The summed E-state index contributed by atoms with van der Waals surface area (Å²) in [5.74, 6) is -0.564. The molecule has 1 aromatic carbocycles. The van der Waals surface area contributed by atoms with E-state index >= 15 is 0 Å². The Kier molecular flexibility index (Phi) is 5.02. The van der Waals surface area contributed by atoms with Crippen LogP contribution in [0, 0.1) is 39.6 Å². The van der Waals surface area contributed by atoms with E-state index in [1.807, 2.05) is 0 Å². The second-order valence-electron chi connectivity index (χ2n) is 8.52. The fourth-order valence-corrected chi connectivity index (χ4v) is 5.89. The van der Waals surface area contributed by atoms with Crippen LogP contribution < -0.4 is 10.6 Å². The molecule has 2 N–H and O–H groups in total. The van der Waals surface area contributed by atoms with Crippen molar-refractivity contribution in [2.75, 3.05) is 19.0 Å². The van der Waals surface area contributed by atoms with E-state index in [0.717, 1.165) is 49.7 Å². The summed E-state index contributed by atoms with van der Waals surface area (Å²) in [6.45, 7) is 0.258. The second kappa shape index (κ2) is 7.37. The third-order valence-corrected chi connectivity index (χ3v) is 7.03. The van der Waals surface area contributed by atoms with Crippen molar-refractivity contribution in [1.29, 1.82) is 0 Å². The van der Waals surface area contributed by atoms with Crippen LogP contribution in [0.2, 0.25) is 0 Å². The van der Waals surface area contributed by atoms with E-state index in [-0.39, 0.29) is 12.2 Å². The van der Waals surface area contributed by atoms with E-state index in [1.54, 1.807) is 7.11 Å². The number of nitro groups is 1. The third-order valence-electron chi connectivity index (χ3n) is 7.03. The number of methoxy groups -OCH3 is 1. The number of halogens is 1. The third kappa shape index (κ3) is 3.48. The summed E-state index contributed by atoms with van der Waals surface area (Å²) in [4.78, 5) is 34.5. The number of anilines is 1. The van der Waals surface area contributed by atoms with Crippen LogP contribution in [0.4, 0.5) is 15.8 Å². The van der Waals surface area contributed by atoms with Gasteiger partial charge >= 0.3 is 17.5 Å². The minimum atomic E-state index is -1.01. The number of carbonyl (C=O) groups excluding carboxylic acids is 2. The monoisotopic (exact) mass is 405 g/mol. The van der Waals surface area contributed by atoms with Crippen molar-refractivity contribution in [2.45, 2.75) is 37.7 Å². The minimum Gasteiger partial charge on any atom is -0.376 e. The Morgan fingerprint density at radius 3 is 2.34 bits per heavy atom. The first-order valence-corrected chi connectivity index (χ1v) is 9.90. The zero-order valence-electron chi connectivity index (χ0n) is 16.2. The van der Waals surface area contributed by atoms with Crippen LogP contribution in [0.25, 0.3) is 0 Å². The normalized spacial score (nSPS) is 32.1. The van der Waals surface area contributed by atoms with Gasteiger partial charge in [-0.05, 0) is 67.9 Å². The van der Waals surface area contributed by atoms with Gasteiger partial charge in [0.25, 0.3) is 0 Å². The van der Waals surface area contributed by atoms with E-state index in [0.29, 0.717) is 11.8 Å². The largest absolute Gasteiger partial charge is 0.376 e. The molecule has 0 saturated heterocycles. The lowest BCUT2D eigenvalue weighted by molar-refractivity contribution is -0.387. The first kappa shape index (κ1) is 19.8. The molecular formula is C20H24FN3O5. The van der Waals surface area contributed by atoms with Crippen LogP contribution in [0.5, 0.6) is 0 Å². The van der Waals surface area contributed by atoms with Gasteiger partial charge in [-0.15, -0.1) is 0 Å². The maximum Gasteiger partial charge on any atom is 0.313 e. The van der Waals surface area contributed by atoms with E-state index in [1.165, 1.54) is 12.5 Å². The van der Waals surface area contributed by atoms with Crippen molar-refractivity contribution in [1.82, 2.24) is 5.32 Å². The predicted molar refractivity (Wildman–Crippen MR) is 101 cm³/mol. The highest BCUT2D eigenvalue weighted by molar-refractivity contribution is 6.39. The summed E-state index contributed by atoms with van der Waals surface area (Å²) in [6, 6.07) is 2.93. The standard InChI is InChI=1S/C20H24FN3O5/c1-29-20(13-5-11-4-12(7-13)8-14(20)6-11)10-22-18(25)19(26)23-15-2-3-16(21)17(9-15)24(27)28/h2-3,9,11-14H,4-8,10H2,1H3,(H,22,25)(H,23,26). The van der Waals surface area contributed by atoms with E-state index in [4.69, 9.17) is 4.74 Å². The molecular weight excluding hydrogens is 381 g/mol. The van der Waals surface area contributed by atoms with Gasteiger partial charge in [0, 0.05) is 25.4 Å². The van der Waals surface area contributed by atoms with Crippen LogP contribution in [-0.2, 0) is 14.3 Å². The average molecular weight is 405 g/mol. The molecule has 4 aliphatic carbocycles. The maximum atomic E-state index is 13.4. The number of amides is 2. The molecule has 156 valence electrons. The maximum absolute atomic E-state index is 13.4. The number of hydrogen-bond donors (Lipinski definition) is 2. The molecule has 0 aromatic heterocycles. The molecule has 4 saturated carbocycles. The molecule has 0 heterocycles. The molecule has 5 rings (SSSR count). The number of benzene rings is 1. The summed E-state index contributed by atoms with van der Waals surface area (Å²) in [5.41, 5.74) is -1.23. The Morgan fingerprint density at radius 1 is 1.17 bits per heavy atom. The SMILES string of the molecule is COC1(CNC(=O)C(=O)Nc2ccc(F)c([N+](=O)[O-])c2)C2CC3CC(C2)CC1C3. The van der Waals surface area contributed by atoms with Crippen molar-refractivity contribution in [3.63, 3.8) is 0 Å². The molecule has 0 radical (unpaired) electrons. The van der Waals surface area contributed by atoms with E-state index < -0.39 is 33.8 Å². The van der Waals surface area contributed by atoms with E-state index in [2.05, 4.69) is 10.6 Å². The molecule has 0 spiro atoms. The van der Waals surface area contributed by atoms with Crippen molar-refractivity contribution in [3.05, 3.63) is 34.1 Å². The number of nitrogens with one attached hydrogen (secondary N) is 2. The van der Waals surface area contributed by atoms with E-state index in [9.17, 15) is 24.1 Å². The number of nitro benzene ring substituents is 1. The Morgan fingerprint density at radius 2 is 1.79 bits per heavy atom. The highest BCUT2D eigenvalue weighted by atomic mass is 19.1. The Balaban J connectivity index is 1.40. The topological polar surface area (TPSA) is 111 Å². The van der Waals surface area contributed by atoms with Crippen molar-refractivity contribution >= 4 is 23.2 Å². The quantitative estimate of drug-likeness (QED) is 0.444. The molecule has 1 aromatic rings. The zero-order chi connectivity index (χ0) is 20.8. The van der Waals surface area contributed by atoms with Gasteiger partial charge in [0.2, 0.25) is 5.82 Å². The van der Waals surface area contributed by atoms with Gasteiger partial charge in [-0.3, -0.25) is 19.7 Å². The first-order chi connectivity index (χ1) is 13.8. The summed E-state index contributed by atoms with van der Waals surface area (Å²) in [7, 11) is 1.67. The van der Waals surface area contributed by atoms with Crippen molar-refractivity contribution in [3.8, 4) is 0 Å². The molecule has 4 aliphatic rings. The molecule has 29 heavy (non-hydrogen) atoms. The van der Waals surface area contributed by atoms with Gasteiger partial charge in [0.1, 0.15) is 0 Å². The van der Waals surface area contributed by atoms with Gasteiger partial charge in [-0.2, -0.15) is 4.39 Å². The van der Waals surface area contributed by atoms with Crippen molar-refractivity contribution in [2.24, 2.45) is 23.7 Å². The molecule has 2 amide bonds. The highest BCUT2D eigenvalue weighted by Gasteiger charge is 2.57. The zero-order valence-corrected chi connectivity index (χ0v) is 16.2. The Labute approximate surface area is 167 Å². The van der Waals surface area contributed by atoms with Crippen LogP contribution in [0.3, 0.4) is 0 Å². The van der Waals surface area contributed by atoms with Crippen LogP contribution in [-0.4, -0.2) is 36.0 Å². The molecule has 0 aliphatic heterocycles. The molecule has 9 heteroatoms. The highest BCUT2D eigenvalue weighted by Crippen LogP contribution is 2.59. The minimum absolute atomic E-state index is 0.0191. The Bertz CT molecular complexity index is 831. The number of ether oxygens (including phenoxy) is 1. The average Bonchev–Trinajstić information content (AvgIpc) is 2.68. The summed E-state index contributed by atoms with van der Waals surface area (Å²) >= 11 is 0. The van der Waals surface area contributed by atoms with Gasteiger partial charge in [-0.25, -0.2) is 0 Å². The molecule has 0 unspecified atom stereocenters. The van der Waals surface area contributed by atoms with Crippen LogP contribution in [0.15, 0.2) is 18.2 Å². The first-order valence-electron chi connectivity index (χ1n) is 9.90. The summed E-state index contributed by atoms with van der Waals surface area (Å²) < 4.78 is 19.4. The van der Waals surface area contributed by atoms with Gasteiger partial charge < -0.3 is 15.4 Å². The second-order valence-corrected chi connectivity index (χ2v) is 8.52. The van der Waals surface area contributed by atoms with Gasteiger partial charge in [0.15, 0.2) is 0 Å².